The Bertz CT molecular complexity index is 570. The second-order valence-corrected chi connectivity index (χ2v) is 5.89. The number of hydrogen-bond acceptors (Lipinski definition) is 6. The van der Waals surface area contributed by atoms with Crippen molar-refractivity contribution in [1.82, 2.24) is 16.0 Å². The van der Waals surface area contributed by atoms with Gasteiger partial charge in [-0.15, -0.1) is 0 Å². The molecule has 0 aliphatic rings. The summed E-state index contributed by atoms with van der Waals surface area (Å²) in [6, 6.07) is 3.70. The van der Waals surface area contributed by atoms with Gasteiger partial charge in [-0.2, -0.15) is 8.42 Å². The first-order chi connectivity index (χ1) is 9.19. The first-order valence-electron chi connectivity index (χ1n) is 6.05. The normalized spacial score (nSPS) is 14.3. The van der Waals surface area contributed by atoms with E-state index in [1.165, 1.54) is 20.2 Å². The van der Waals surface area contributed by atoms with Gasteiger partial charge in [0.1, 0.15) is 0 Å². The highest BCUT2D eigenvalue weighted by Crippen LogP contribution is 2.28. The van der Waals surface area contributed by atoms with Gasteiger partial charge >= 0.3 is 0 Å². The summed E-state index contributed by atoms with van der Waals surface area (Å²) in [6.07, 6.45) is 0. The second-order valence-electron chi connectivity index (χ2n) is 4.50. The molecule has 0 heterocycles. The minimum atomic E-state index is -4.39. The Balaban J connectivity index is 3.53. The Morgan fingerprint density at radius 1 is 1.20 bits per heavy atom. The van der Waals surface area contributed by atoms with Gasteiger partial charge in [0.2, 0.25) is 0 Å². The molecular weight excluding hydrogens is 282 g/mol. The van der Waals surface area contributed by atoms with Crippen LogP contribution in [0.4, 0.5) is 0 Å². The molecule has 0 aliphatic heterocycles. The molecule has 1 rings (SSSR count). The first-order valence-corrected chi connectivity index (χ1v) is 7.49. The molecule has 1 aromatic carbocycles. The highest BCUT2D eigenvalue weighted by molar-refractivity contribution is 7.85. The van der Waals surface area contributed by atoms with Crippen LogP contribution >= 0.6 is 0 Å². The molecule has 7 nitrogen and oxygen atoms in total. The van der Waals surface area contributed by atoms with E-state index in [0.29, 0.717) is 0 Å². The van der Waals surface area contributed by atoms with Crippen LogP contribution < -0.4 is 16.0 Å². The van der Waals surface area contributed by atoms with Crippen molar-refractivity contribution in [3.05, 3.63) is 29.3 Å². The first kappa shape index (κ1) is 17.0. The number of hydrogen-bond donors (Lipinski definition) is 5. The predicted molar refractivity (Wildman–Crippen MR) is 75.9 cm³/mol. The summed E-state index contributed by atoms with van der Waals surface area (Å²) in [4.78, 5) is -0.244. The number of nitrogens with one attached hydrogen (secondary N) is 3. The van der Waals surface area contributed by atoms with Crippen LogP contribution in [-0.4, -0.2) is 45.1 Å². The third-order valence-electron chi connectivity index (χ3n) is 3.22. The molecule has 1 atom stereocenters. The zero-order chi connectivity index (χ0) is 15.6. The third kappa shape index (κ3) is 3.35. The van der Waals surface area contributed by atoms with E-state index in [1.54, 1.807) is 26.1 Å². The van der Waals surface area contributed by atoms with Crippen molar-refractivity contribution in [3.8, 4) is 0 Å². The van der Waals surface area contributed by atoms with E-state index in [-0.39, 0.29) is 10.5 Å². The highest BCUT2D eigenvalue weighted by Gasteiger charge is 2.37. The molecule has 1 unspecified atom stereocenters. The average molecular weight is 303 g/mol. The Hall–Kier alpha value is -1.03. The second kappa shape index (κ2) is 6.17. The number of likely N-dealkylation sites (N-methyl/N-ethyl adjacent to an activating group) is 3. The lowest BCUT2D eigenvalue weighted by atomic mass is 9.99. The molecule has 0 saturated heterocycles. The maximum Gasteiger partial charge on any atom is 0.294 e. The van der Waals surface area contributed by atoms with Crippen molar-refractivity contribution in [2.45, 2.75) is 23.7 Å². The Labute approximate surface area is 119 Å². The van der Waals surface area contributed by atoms with Crippen LogP contribution in [-0.2, 0) is 10.1 Å². The molecule has 0 bridgehead atoms. The summed E-state index contributed by atoms with van der Waals surface area (Å²) in [6.45, 7) is 1.79. The smallest absolute Gasteiger partial charge is 0.294 e. The van der Waals surface area contributed by atoms with Crippen LogP contribution in [0, 0.1) is 6.92 Å². The Morgan fingerprint density at radius 3 is 2.15 bits per heavy atom. The minimum absolute atomic E-state index is 0.244. The Kier molecular flexibility index (Phi) is 5.25. The molecule has 0 spiro atoms. The van der Waals surface area contributed by atoms with Crippen LogP contribution in [0.3, 0.4) is 0 Å². The van der Waals surface area contributed by atoms with Gasteiger partial charge in [0, 0.05) is 0 Å². The van der Waals surface area contributed by atoms with Crippen LogP contribution in [0.5, 0.6) is 0 Å². The van der Waals surface area contributed by atoms with Crippen LogP contribution in [0.1, 0.15) is 17.2 Å². The van der Waals surface area contributed by atoms with Crippen molar-refractivity contribution in [3.63, 3.8) is 0 Å². The molecule has 1 aromatic rings. The van der Waals surface area contributed by atoms with E-state index >= 15 is 0 Å². The van der Waals surface area contributed by atoms with E-state index in [0.717, 1.165) is 5.56 Å². The number of aryl methyl sites for hydroxylation is 1. The lowest BCUT2D eigenvalue weighted by Crippen LogP contribution is -2.61. The fourth-order valence-corrected chi connectivity index (χ4v) is 2.85. The quantitative estimate of drug-likeness (QED) is 0.359. The van der Waals surface area contributed by atoms with E-state index < -0.39 is 22.0 Å². The third-order valence-corrected chi connectivity index (χ3v) is 4.15. The van der Waals surface area contributed by atoms with Gasteiger partial charge in [0.15, 0.2) is 5.85 Å². The molecule has 0 radical (unpaired) electrons. The topological polar surface area (TPSA) is 111 Å². The van der Waals surface area contributed by atoms with Crippen molar-refractivity contribution in [2.75, 3.05) is 21.1 Å². The molecule has 114 valence electrons. The average Bonchev–Trinajstić information content (AvgIpc) is 2.38. The largest absolute Gasteiger partial charge is 0.361 e. The number of benzene rings is 1. The summed E-state index contributed by atoms with van der Waals surface area (Å²) in [7, 11) is 0.258. The fraction of sp³-hybridized carbons (Fsp3) is 0.500. The van der Waals surface area contributed by atoms with Gasteiger partial charge in [-0.1, -0.05) is 17.7 Å². The van der Waals surface area contributed by atoms with E-state index in [1.807, 2.05) is 0 Å². The predicted octanol–water partition coefficient (Wildman–Crippen LogP) is -0.413. The summed E-state index contributed by atoms with van der Waals surface area (Å²) < 4.78 is 32.3. The van der Waals surface area contributed by atoms with E-state index in [2.05, 4.69) is 16.0 Å². The lowest BCUT2D eigenvalue weighted by Gasteiger charge is -2.36. The molecule has 0 aromatic heterocycles. The summed E-state index contributed by atoms with van der Waals surface area (Å²) in [5.41, 5.74) is 1.07. The molecule has 8 heteroatoms. The molecule has 0 saturated carbocycles. The van der Waals surface area contributed by atoms with Crippen molar-refractivity contribution in [2.24, 2.45) is 0 Å². The van der Waals surface area contributed by atoms with Gasteiger partial charge in [-0.25, -0.2) is 0 Å². The highest BCUT2D eigenvalue weighted by atomic mass is 32.2. The fourth-order valence-electron chi connectivity index (χ4n) is 2.13. The summed E-state index contributed by atoms with van der Waals surface area (Å²) >= 11 is 0. The molecule has 0 fully saturated rings. The van der Waals surface area contributed by atoms with E-state index in [4.69, 9.17) is 0 Å². The summed E-state index contributed by atoms with van der Waals surface area (Å²) in [5, 5.41) is 18.7. The van der Waals surface area contributed by atoms with Crippen LogP contribution in [0.15, 0.2) is 23.1 Å². The molecular formula is C12H21N3O4S. The maximum atomic E-state index is 11.5. The molecule has 20 heavy (non-hydrogen) atoms. The standard InChI is InChI=1S/C12H21N3O4S/c1-8-5-6-10(20(17,18)19)9(7-8)11(13-2)12(16,14-3)15-4/h5-7,11,13-16H,1-4H3,(H,17,18,19). The van der Waals surface area contributed by atoms with Gasteiger partial charge < -0.3 is 10.4 Å². The Morgan fingerprint density at radius 2 is 1.75 bits per heavy atom. The van der Waals surface area contributed by atoms with Crippen molar-refractivity contribution >= 4 is 10.1 Å². The van der Waals surface area contributed by atoms with Crippen LogP contribution in [0.25, 0.3) is 0 Å². The number of rotatable bonds is 6. The minimum Gasteiger partial charge on any atom is -0.361 e. The van der Waals surface area contributed by atoms with Gasteiger partial charge in [0.25, 0.3) is 10.1 Å². The van der Waals surface area contributed by atoms with Crippen LogP contribution in [0.2, 0.25) is 0 Å². The zero-order valence-electron chi connectivity index (χ0n) is 11.9. The van der Waals surface area contributed by atoms with Gasteiger partial charge in [-0.05, 0) is 39.7 Å². The van der Waals surface area contributed by atoms with Crippen molar-refractivity contribution < 1.29 is 18.1 Å². The monoisotopic (exact) mass is 303 g/mol. The molecule has 5 N–H and O–H groups in total. The maximum absolute atomic E-state index is 11.5. The summed E-state index contributed by atoms with van der Waals surface area (Å²) in [5.74, 6) is -1.58. The SMILES string of the molecule is CNC(c1cc(C)ccc1S(=O)(=O)O)C(O)(NC)NC. The molecule has 0 amide bonds. The number of aliphatic hydroxyl groups is 1. The zero-order valence-corrected chi connectivity index (χ0v) is 12.7. The van der Waals surface area contributed by atoms with Crippen molar-refractivity contribution in [1.29, 1.82) is 0 Å². The lowest BCUT2D eigenvalue weighted by molar-refractivity contribution is -0.0488. The van der Waals surface area contributed by atoms with E-state index in [9.17, 15) is 18.1 Å². The van der Waals surface area contributed by atoms with Gasteiger partial charge in [0.05, 0.1) is 10.9 Å². The molecule has 0 aliphatic carbocycles. The van der Waals surface area contributed by atoms with Gasteiger partial charge in [-0.3, -0.25) is 15.2 Å².